The van der Waals surface area contributed by atoms with E-state index in [-0.39, 0.29) is 5.56 Å². The number of carbonyl (C=O) groups excluding carboxylic acids is 1. The highest BCUT2D eigenvalue weighted by atomic mass is 16.5. The number of fused-ring (bicyclic) bond motifs is 2. The van der Waals surface area contributed by atoms with Crippen LogP contribution >= 0.6 is 0 Å². The molecule has 0 saturated heterocycles. The second-order valence-corrected chi connectivity index (χ2v) is 7.56. The first-order chi connectivity index (χ1) is 15.5. The average Bonchev–Trinajstić information content (AvgIpc) is 3.18. The van der Waals surface area contributed by atoms with E-state index in [0.717, 1.165) is 22.0 Å². The summed E-state index contributed by atoms with van der Waals surface area (Å²) in [5.74, 6) is -0.0891. The molecule has 3 aromatic carbocycles. The molecule has 2 aromatic heterocycles. The summed E-state index contributed by atoms with van der Waals surface area (Å²) in [7, 11) is 3.51. The minimum absolute atomic E-state index is 0.0677. The van der Waals surface area contributed by atoms with Crippen molar-refractivity contribution in [1.29, 1.82) is 0 Å². The van der Waals surface area contributed by atoms with Crippen LogP contribution in [0, 0.1) is 0 Å². The van der Waals surface area contributed by atoms with Crippen molar-refractivity contribution >= 4 is 33.5 Å². The number of methoxy groups -OCH3 is 1. The van der Waals surface area contributed by atoms with E-state index in [2.05, 4.69) is 34.1 Å². The van der Waals surface area contributed by atoms with Crippen LogP contribution in [-0.2, 0) is 7.05 Å². The fraction of sp³-hybridized carbons (Fsp3) is 0.0769. The van der Waals surface area contributed by atoms with Crippen molar-refractivity contribution < 1.29 is 13.9 Å². The van der Waals surface area contributed by atoms with Crippen LogP contribution in [0.15, 0.2) is 88.2 Å². The molecule has 0 fully saturated rings. The van der Waals surface area contributed by atoms with Gasteiger partial charge in [0, 0.05) is 35.2 Å². The molecule has 0 unspecified atom stereocenters. The maximum absolute atomic E-state index is 12.9. The smallest absolute Gasteiger partial charge is 0.349 e. The maximum Gasteiger partial charge on any atom is 0.349 e. The van der Waals surface area contributed by atoms with Gasteiger partial charge in [0.05, 0.1) is 7.11 Å². The summed E-state index contributed by atoms with van der Waals surface area (Å²) < 4.78 is 12.7. The summed E-state index contributed by atoms with van der Waals surface area (Å²) in [6.45, 7) is 0. The fourth-order valence-corrected chi connectivity index (χ4v) is 3.87. The van der Waals surface area contributed by atoms with Gasteiger partial charge < -0.3 is 19.0 Å². The predicted molar refractivity (Wildman–Crippen MR) is 125 cm³/mol. The molecule has 0 radical (unpaired) electrons. The molecule has 158 valence electrons. The van der Waals surface area contributed by atoms with Gasteiger partial charge in [-0.1, -0.05) is 30.3 Å². The number of rotatable bonds is 4. The number of hydrogen-bond donors (Lipinski definition) is 1. The lowest BCUT2D eigenvalue weighted by molar-refractivity contribution is 0.102. The van der Waals surface area contributed by atoms with Crippen molar-refractivity contribution in [1.82, 2.24) is 4.57 Å². The Morgan fingerprint density at radius 3 is 2.59 bits per heavy atom. The standard InChI is InChI=1S/C26H20N2O4/c1-28-12-11-18-13-17(9-10-22(18)28)16-5-3-7-20(14-16)27-25(29)21-15-19-6-4-8-23(31-2)24(19)32-26(21)30/h3-15H,1-2H3,(H,27,29). The van der Waals surface area contributed by atoms with E-state index < -0.39 is 11.5 Å². The normalized spacial score (nSPS) is 11.1. The Hall–Kier alpha value is -4.32. The van der Waals surface area contributed by atoms with Crippen molar-refractivity contribution in [3.63, 3.8) is 0 Å². The van der Waals surface area contributed by atoms with Gasteiger partial charge in [0.2, 0.25) is 0 Å². The summed E-state index contributed by atoms with van der Waals surface area (Å²) in [6, 6.07) is 22.6. The molecule has 1 N–H and O–H groups in total. The highest BCUT2D eigenvalue weighted by Gasteiger charge is 2.16. The van der Waals surface area contributed by atoms with E-state index in [1.165, 1.54) is 13.2 Å². The van der Waals surface area contributed by atoms with Crippen LogP contribution in [0.2, 0.25) is 0 Å². The molecule has 0 bridgehead atoms. The lowest BCUT2D eigenvalue weighted by atomic mass is 10.0. The predicted octanol–water partition coefficient (Wildman–Crippen LogP) is 5.21. The van der Waals surface area contributed by atoms with E-state index in [1.54, 1.807) is 24.3 Å². The van der Waals surface area contributed by atoms with Crippen LogP contribution in [0.3, 0.4) is 0 Å². The number of nitrogens with zero attached hydrogens (tertiary/aromatic N) is 1. The SMILES string of the molecule is COc1cccc2cc(C(=O)Nc3cccc(-c4ccc5c(ccn5C)c4)c3)c(=O)oc12. The van der Waals surface area contributed by atoms with E-state index in [1.807, 2.05) is 31.4 Å². The van der Waals surface area contributed by atoms with Crippen LogP contribution in [-0.4, -0.2) is 17.6 Å². The van der Waals surface area contributed by atoms with Gasteiger partial charge in [-0.2, -0.15) is 0 Å². The largest absolute Gasteiger partial charge is 0.493 e. The second kappa shape index (κ2) is 7.74. The fourth-order valence-electron chi connectivity index (χ4n) is 3.87. The number of aryl methyl sites for hydroxylation is 1. The number of benzene rings is 3. The number of hydrogen-bond acceptors (Lipinski definition) is 4. The van der Waals surface area contributed by atoms with Gasteiger partial charge in [-0.3, -0.25) is 4.79 Å². The molecule has 5 aromatic rings. The third-order valence-electron chi connectivity index (χ3n) is 5.53. The Balaban J connectivity index is 1.46. The van der Waals surface area contributed by atoms with Gasteiger partial charge in [-0.25, -0.2) is 4.79 Å². The van der Waals surface area contributed by atoms with Crippen LogP contribution in [0.5, 0.6) is 5.75 Å². The topological polar surface area (TPSA) is 73.5 Å². The zero-order chi connectivity index (χ0) is 22.2. The molecule has 32 heavy (non-hydrogen) atoms. The number of aromatic nitrogens is 1. The van der Waals surface area contributed by atoms with Gasteiger partial charge in [-0.05, 0) is 53.6 Å². The minimum atomic E-state index is -0.717. The number of carbonyl (C=O) groups is 1. The highest BCUT2D eigenvalue weighted by molar-refractivity contribution is 6.06. The molecule has 0 aliphatic heterocycles. The Morgan fingerprint density at radius 1 is 0.938 bits per heavy atom. The molecule has 0 aliphatic carbocycles. The van der Waals surface area contributed by atoms with Crippen molar-refractivity contribution in [2.75, 3.05) is 12.4 Å². The van der Waals surface area contributed by atoms with Gasteiger partial charge in [0.1, 0.15) is 5.56 Å². The summed E-state index contributed by atoms with van der Waals surface area (Å²) in [5, 5.41) is 4.56. The summed E-state index contributed by atoms with van der Waals surface area (Å²) >= 11 is 0. The van der Waals surface area contributed by atoms with Crippen molar-refractivity contribution in [2.45, 2.75) is 0 Å². The Kier molecular flexibility index (Phi) is 4.75. The molecule has 6 nitrogen and oxygen atoms in total. The summed E-state index contributed by atoms with van der Waals surface area (Å²) in [6.07, 6.45) is 2.02. The molecule has 0 saturated carbocycles. The molecule has 2 heterocycles. The van der Waals surface area contributed by atoms with E-state index >= 15 is 0 Å². The number of para-hydroxylation sites is 1. The summed E-state index contributed by atoms with van der Waals surface area (Å²) in [4.78, 5) is 25.3. The van der Waals surface area contributed by atoms with Crippen LogP contribution in [0.4, 0.5) is 5.69 Å². The quantitative estimate of drug-likeness (QED) is 0.402. The Morgan fingerprint density at radius 2 is 1.75 bits per heavy atom. The molecule has 1 amide bonds. The Labute approximate surface area is 183 Å². The first-order valence-electron chi connectivity index (χ1n) is 10.1. The van der Waals surface area contributed by atoms with Crippen LogP contribution < -0.4 is 15.7 Å². The van der Waals surface area contributed by atoms with Crippen molar-refractivity contribution in [3.05, 3.63) is 95.0 Å². The first kappa shape index (κ1) is 19.6. The van der Waals surface area contributed by atoms with Crippen molar-refractivity contribution in [3.8, 4) is 16.9 Å². The van der Waals surface area contributed by atoms with E-state index in [4.69, 9.17) is 9.15 Å². The number of nitrogens with one attached hydrogen (secondary N) is 1. The third-order valence-corrected chi connectivity index (χ3v) is 5.53. The maximum atomic E-state index is 12.9. The summed E-state index contributed by atoms with van der Waals surface area (Å²) in [5.41, 5.74) is 3.27. The zero-order valence-corrected chi connectivity index (χ0v) is 17.6. The van der Waals surface area contributed by atoms with E-state index in [9.17, 15) is 9.59 Å². The third kappa shape index (κ3) is 3.41. The monoisotopic (exact) mass is 424 g/mol. The lowest BCUT2D eigenvalue weighted by Crippen LogP contribution is -2.20. The van der Waals surface area contributed by atoms with Gasteiger partial charge in [0.15, 0.2) is 11.3 Å². The minimum Gasteiger partial charge on any atom is -0.493 e. The highest BCUT2D eigenvalue weighted by Crippen LogP contribution is 2.28. The molecular weight excluding hydrogens is 404 g/mol. The van der Waals surface area contributed by atoms with Gasteiger partial charge in [-0.15, -0.1) is 0 Å². The zero-order valence-electron chi connectivity index (χ0n) is 17.6. The Bertz CT molecular complexity index is 1550. The number of amides is 1. The number of ether oxygens (including phenoxy) is 1. The van der Waals surface area contributed by atoms with E-state index in [0.29, 0.717) is 22.4 Å². The average molecular weight is 424 g/mol. The van der Waals surface area contributed by atoms with Crippen molar-refractivity contribution in [2.24, 2.45) is 7.05 Å². The second-order valence-electron chi connectivity index (χ2n) is 7.56. The van der Waals surface area contributed by atoms with Crippen LogP contribution in [0.1, 0.15) is 10.4 Å². The molecule has 0 spiro atoms. The molecule has 0 atom stereocenters. The number of anilines is 1. The molecule has 5 rings (SSSR count). The molecule has 6 heteroatoms. The first-order valence-corrected chi connectivity index (χ1v) is 10.1. The van der Waals surface area contributed by atoms with Gasteiger partial charge >= 0.3 is 5.63 Å². The lowest BCUT2D eigenvalue weighted by Gasteiger charge is -2.09. The molecular formula is C26H20N2O4. The molecule has 0 aliphatic rings. The van der Waals surface area contributed by atoms with Gasteiger partial charge in [0.25, 0.3) is 5.91 Å². The van der Waals surface area contributed by atoms with Crippen LogP contribution in [0.25, 0.3) is 33.0 Å².